The molecule has 0 saturated carbocycles. The standard InChI is InChI=1S/C25H31N5O4S/c31-23-25(12-7-13-28(19-25)18-21-8-3-1-4-9-21)26-24(32)30(23)20-27-14-16-29(17-15-27)35(33,34)22-10-5-2-6-11-22/h1-6,8-11H,7,12-20H2,(H,26,32)/t25-/m0/s1. The van der Waals surface area contributed by atoms with Crippen molar-refractivity contribution in [3.8, 4) is 0 Å². The molecule has 0 aliphatic carbocycles. The largest absolute Gasteiger partial charge is 0.326 e. The number of sulfonamides is 1. The van der Waals surface area contributed by atoms with Gasteiger partial charge in [0, 0.05) is 39.3 Å². The summed E-state index contributed by atoms with van der Waals surface area (Å²) in [5, 5.41) is 2.99. The zero-order valence-corrected chi connectivity index (χ0v) is 20.5. The highest BCUT2D eigenvalue weighted by atomic mass is 32.2. The van der Waals surface area contributed by atoms with Crippen LogP contribution in [0.5, 0.6) is 0 Å². The second-order valence-corrected chi connectivity index (χ2v) is 11.5. The highest BCUT2D eigenvalue weighted by molar-refractivity contribution is 7.89. The Morgan fingerprint density at radius 2 is 1.49 bits per heavy atom. The lowest BCUT2D eigenvalue weighted by molar-refractivity contribution is -0.135. The van der Waals surface area contributed by atoms with Crippen LogP contribution in [-0.2, 0) is 21.4 Å². The van der Waals surface area contributed by atoms with E-state index in [0.29, 0.717) is 39.1 Å². The number of piperidine rings is 1. The normalized spacial score (nSPS) is 24.7. The van der Waals surface area contributed by atoms with E-state index in [1.165, 1.54) is 14.8 Å². The van der Waals surface area contributed by atoms with Crippen molar-refractivity contribution in [1.82, 2.24) is 24.3 Å². The number of carbonyl (C=O) groups excluding carboxylic acids is 2. The average molecular weight is 498 g/mol. The molecule has 2 aromatic carbocycles. The Labute approximate surface area is 206 Å². The van der Waals surface area contributed by atoms with Gasteiger partial charge in [0.25, 0.3) is 5.91 Å². The lowest BCUT2D eigenvalue weighted by atomic mass is 9.88. The minimum absolute atomic E-state index is 0.171. The van der Waals surface area contributed by atoms with Gasteiger partial charge in [-0.25, -0.2) is 18.1 Å². The van der Waals surface area contributed by atoms with Crippen LogP contribution in [0.25, 0.3) is 0 Å². The Balaban J connectivity index is 1.20. The fourth-order valence-electron chi connectivity index (χ4n) is 5.25. The molecule has 3 aliphatic rings. The van der Waals surface area contributed by atoms with Crippen molar-refractivity contribution in [1.29, 1.82) is 0 Å². The summed E-state index contributed by atoms with van der Waals surface area (Å²) in [7, 11) is -3.55. The maximum atomic E-state index is 13.5. The molecule has 3 fully saturated rings. The number of urea groups is 1. The van der Waals surface area contributed by atoms with E-state index < -0.39 is 15.6 Å². The number of nitrogens with zero attached hydrogens (tertiary/aromatic N) is 4. The maximum absolute atomic E-state index is 13.5. The fourth-order valence-corrected chi connectivity index (χ4v) is 6.70. The summed E-state index contributed by atoms with van der Waals surface area (Å²) in [5.41, 5.74) is 0.296. The summed E-state index contributed by atoms with van der Waals surface area (Å²) >= 11 is 0. The number of nitrogens with one attached hydrogen (secondary N) is 1. The Morgan fingerprint density at radius 1 is 0.829 bits per heavy atom. The molecule has 1 N–H and O–H groups in total. The van der Waals surface area contributed by atoms with E-state index in [-0.39, 0.29) is 23.5 Å². The molecular weight excluding hydrogens is 466 g/mol. The molecule has 1 spiro atoms. The van der Waals surface area contributed by atoms with Gasteiger partial charge < -0.3 is 5.32 Å². The molecule has 3 heterocycles. The average Bonchev–Trinajstić information content (AvgIpc) is 3.09. The number of rotatable bonds is 6. The molecule has 3 saturated heterocycles. The van der Waals surface area contributed by atoms with Crippen LogP contribution in [0.3, 0.4) is 0 Å². The highest BCUT2D eigenvalue weighted by Gasteiger charge is 2.53. The molecule has 5 rings (SSSR count). The predicted octanol–water partition coefficient (Wildman–Crippen LogP) is 1.54. The van der Waals surface area contributed by atoms with Crippen molar-refractivity contribution < 1.29 is 18.0 Å². The number of amides is 3. The zero-order valence-electron chi connectivity index (χ0n) is 19.7. The summed E-state index contributed by atoms with van der Waals surface area (Å²) in [6.45, 7) is 3.83. The molecule has 0 radical (unpaired) electrons. The molecule has 1 atom stereocenters. The molecule has 9 nitrogen and oxygen atoms in total. The van der Waals surface area contributed by atoms with Crippen molar-refractivity contribution in [2.75, 3.05) is 45.9 Å². The summed E-state index contributed by atoms with van der Waals surface area (Å²) in [6, 6.07) is 18.2. The van der Waals surface area contributed by atoms with E-state index in [9.17, 15) is 18.0 Å². The lowest BCUT2D eigenvalue weighted by Crippen LogP contribution is -2.58. The predicted molar refractivity (Wildman–Crippen MR) is 131 cm³/mol. The monoisotopic (exact) mass is 497 g/mol. The van der Waals surface area contributed by atoms with Crippen LogP contribution >= 0.6 is 0 Å². The van der Waals surface area contributed by atoms with E-state index in [4.69, 9.17) is 0 Å². The minimum Gasteiger partial charge on any atom is -0.322 e. The quantitative estimate of drug-likeness (QED) is 0.609. The van der Waals surface area contributed by atoms with E-state index in [1.807, 2.05) is 23.1 Å². The number of carbonyl (C=O) groups is 2. The third kappa shape index (κ3) is 4.84. The van der Waals surface area contributed by atoms with Crippen molar-refractivity contribution in [2.45, 2.75) is 29.8 Å². The summed E-state index contributed by atoms with van der Waals surface area (Å²) in [5.74, 6) is -0.181. The van der Waals surface area contributed by atoms with E-state index in [0.717, 1.165) is 19.5 Å². The zero-order chi connectivity index (χ0) is 24.5. The molecule has 0 aromatic heterocycles. The molecule has 2 aromatic rings. The van der Waals surface area contributed by atoms with Gasteiger partial charge in [-0.1, -0.05) is 48.5 Å². The van der Waals surface area contributed by atoms with Crippen LogP contribution in [-0.4, -0.2) is 90.8 Å². The van der Waals surface area contributed by atoms with Crippen LogP contribution in [0.1, 0.15) is 18.4 Å². The Bertz CT molecular complexity index is 1170. The van der Waals surface area contributed by atoms with Gasteiger partial charge in [0.05, 0.1) is 11.6 Å². The first-order valence-electron chi connectivity index (χ1n) is 12.1. The first-order valence-corrected chi connectivity index (χ1v) is 13.5. The van der Waals surface area contributed by atoms with Gasteiger partial charge in [-0.15, -0.1) is 0 Å². The maximum Gasteiger partial charge on any atom is 0.326 e. The van der Waals surface area contributed by atoms with Crippen molar-refractivity contribution in [2.24, 2.45) is 0 Å². The number of hydrogen-bond acceptors (Lipinski definition) is 6. The third-order valence-electron chi connectivity index (χ3n) is 7.12. The van der Waals surface area contributed by atoms with Gasteiger partial charge in [0.2, 0.25) is 10.0 Å². The van der Waals surface area contributed by atoms with Crippen LogP contribution in [0, 0.1) is 0 Å². The fraction of sp³-hybridized carbons (Fsp3) is 0.440. The molecule has 35 heavy (non-hydrogen) atoms. The van der Waals surface area contributed by atoms with Crippen LogP contribution in [0.2, 0.25) is 0 Å². The van der Waals surface area contributed by atoms with Crippen molar-refractivity contribution in [3.63, 3.8) is 0 Å². The van der Waals surface area contributed by atoms with Gasteiger partial charge in [-0.2, -0.15) is 4.31 Å². The second-order valence-electron chi connectivity index (χ2n) is 9.52. The van der Waals surface area contributed by atoms with Crippen LogP contribution < -0.4 is 5.32 Å². The molecular formula is C25H31N5O4S. The minimum atomic E-state index is -3.55. The van der Waals surface area contributed by atoms with Crippen LogP contribution in [0.4, 0.5) is 4.79 Å². The topological polar surface area (TPSA) is 93.3 Å². The van der Waals surface area contributed by atoms with E-state index in [1.54, 1.807) is 30.3 Å². The number of imide groups is 1. The molecule has 3 aliphatic heterocycles. The number of likely N-dealkylation sites (tertiary alicyclic amines) is 1. The summed E-state index contributed by atoms with van der Waals surface area (Å²) < 4.78 is 27.2. The Morgan fingerprint density at radius 3 is 2.17 bits per heavy atom. The number of piperazine rings is 1. The lowest BCUT2D eigenvalue weighted by Gasteiger charge is -2.39. The highest BCUT2D eigenvalue weighted by Crippen LogP contribution is 2.29. The van der Waals surface area contributed by atoms with Crippen LogP contribution in [0.15, 0.2) is 65.6 Å². The van der Waals surface area contributed by atoms with E-state index in [2.05, 4.69) is 22.3 Å². The first-order chi connectivity index (χ1) is 16.9. The van der Waals surface area contributed by atoms with Gasteiger partial charge in [-0.3, -0.25) is 14.6 Å². The molecule has 0 bridgehead atoms. The van der Waals surface area contributed by atoms with Gasteiger partial charge in [0.15, 0.2) is 0 Å². The smallest absolute Gasteiger partial charge is 0.322 e. The van der Waals surface area contributed by atoms with Gasteiger partial charge >= 0.3 is 6.03 Å². The van der Waals surface area contributed by atoms with Crippen molar-refractivity contribution >= 4 is 22.0 Å². The SMILES string of the molecule is O=C1N[C@]2(CCCN(Cc3ccccc3)C2)C(=O)N1CN1CCN(S(=O)(=O)c2ccccc2)CC1. The molecule has 186 valence electrons. The van der Waals surface area contributed by atoms with Crippen molar-refractivity contribution in [3.05, 3.63) is 66.2 Å². The Kier molecular flexibility index (Phi) is 6.63. The molecule has 0 unspecified atom stereocenters. The first kappa shape index (κ1) is 23.9. The number of hydrogen-bond donors (Lipinski definition) is 1. The second kappa shape index (κ2) is 9.69. The molecule has 10 heteroatoms. The Hall–Kier alpha value is -2.79. The summed E-state index contributed by atoms with van der Waals surface area (Å²) in [4.78, 5) is 32.1. The number of benzene rings is 2. The van der Waals surface area contributed by atoms with Gasteiger partial charge in [-0.05, 0) is 37.1 Å². The van der Waals surface area contributed by atoms with Gasteiger partial charge in [0.1, 0.15) is 5.54 Å². The van der Waals surface area contributed by atoms with E-state index >= 15 is 0 Å². The molecule has 3 amide bonds. The third-order valence-corrected chi connectivity index (χ3v) is 9.03. The summed E-state index contributed by atoms with van der Waals surface area (Å²) in [6.07, 6.45) is 1.46.